The zero-order chi connectivity index (χ0) is 21.9. The molecule has 5 heteroatoms. The highest BCUT2D eigenvalue weighted by atomic mass is 16.3. The van der Waals surface area contributed by atoms with Gasteiger partial charge in [-0.25, -0.2) is 4.99 Å². The molecule has 1 aliphatic heterocycles. The maximum atomic E-state index is 10.8. The summed E-state index contributed by atoms with van der Waals surface area (Å²) >= 11 is 0. The topological polar surface area (TPSA) is 77.6 Å². The molecule has 1 saturated heterocycles. The predicted molar refractivity (Wildman–Crippen MR) is 132 cm³/mol. The van der Waals surface area contributed by atoms with Crippen LogP contribution in [0.15, 0.2) is 77.8 Å². The van der Waals surface area contributed by atoms with Gasteiger partial charge in [-0.3, -0.25) is 4.90 Å². The number of fused-ring (bicyclic) bond motifs is 1. The predicted octanol–water partition coefficient (Wildman–Crippen LogP) is 5.61. The highest BCUT2D eigenvalue weighted by Crippen LogP contribution is 2.32. The number of benzene rings is 3. The van der Waals surface area contributed by atoms with Crippen molar-refractivity contribution in [3.63, 3.8) is 0 Å². The lowest BCUT2D eigenvalue weighted by molar-refractivity contribution is 0.221. The van der Waals surface area contributed by atoms with E-state index in [9.17, 15) is 5.11 Å². The lowest BCUT2D eigenvalue weighted by Crippen LogP contribution is -2.28. The van der Waals surface area contributed by atoms with E-state index in [0.29, 0.717) is 11.3 Å². The molecule has 0 aliphatic carbocycles. The van der Waals surface area contributed by atoms with Gasteiger partial charge in [0.15, 0.2) is 5.88 Å². The van der Waals surface area contributed by atoms with Crippen molar-refractivity contribution < 1.29 is 5.11 Å². The number of nitrogens with two attached hydrogens (primary N) is 1. The van der Waals surface area contributed by atoms with E-state index in [1.54, 1.807) is 0 Å². The van der Waals surface area contributed by atoms with Crippen LogP contribution in [-0.2, 0) is 6.54 Å². The standard InChI is InChI=1S/C27H28N4O/c28-21-11-14-23-24(17-21)30-27(32)25(23)26(20-7-3-1-4-8-20)29-22-12-9-19(10-13-22)18-31-15-5-2-6-16-31/h1,3-4,7-14,17,30,32H,2,5-6,15-16,18,28H2. The summed E-state index contributed by atoms with van der Waals surface area (Å²) in [4.78, 5) is 10.6. The first-order valence-corrected chi connectivity index (χ1v) is 11.2. The zero-order valence-corrected chi connectivity index (χ0v) is 18.1. The van der Waals surface area contributed by atoms with Gasteiger partial charge < -0.3 is 15.8 Å². The van der Waals surface area contributed by atoms with Crippen LogP contribution in [0.3, 0.4) is 0 Å². The van der Waals surface area contributed by atoms with E-state index in [1.807, 2.05) is 48.5 Å². The quantitative estimate of drug-likeness (QED) is 0.288. The van der Waals surface area contributed by atoms with Gasteiger partial charge in [-0.2, -0.15) is 0 Å². The Hall–Kier alpha value is -3.57. The summed E-state index contributed by atoms with van der Waals surface area (Å²) in [6, 6.07) is 24.0. The summed E-state index contributed by atoms with van der Waals surface area (Å²) < 4.78 is 0. The van der Waals surface area contributed by atoms with Gasteiger partial charge in [0.2, 0.25) is 0 Å². The van der Waals surface area contributed by atoms with E-state index in [2.05, 4.69) is 34.1 Å². The van der Waals surface area contributed by atoms with E-state index in [0.717, 1.165) is 34.4 Å². The number of nitrogens with zero attached hydrogens (tertiary/aromatic N) is 2. The molecule has 32 heavy (non-hydrogen) atoms. The summed E-state index contributed by atoms with van der Waals surface area (Å²) in [5.41, 5.74) is 11.9. The minimum atomic E-state index is 0.0925. The molecule has 0 saturated carbocycles. The third-order valence-corrected chi connectivity index (χ3v) is 6.12. The lowest BCUT2D eigenvalue weighted by atomic mass is 10.0. The molecule has 0 spiro atoms. The Morgan fingerprint density at radius 1 is 0.938 bits per heavy atom. The van der Waals surface area contributed by atoms with Gasteiger partial charge in [-0.1, -0.05) is 48.9 Å². The number of H-pyrrole nitrogens is 1. The number of rotatable bonds is 5. The van der Waals surface area contributed by atoms with E-state index in [4.69, 9.17) is 10.7 Å². The molecule has 3 aromatic carbocycles. The third-order valence-electron chi connectivity index (χ3n) is 6.12. The van der Waals surface area contributed by atoms with Crippen LogP contribution in [0.4, 0.5) is 11.4 Å². The zero-order valence-electron chi connectivity index (χ0n) is 18.1. The summed E-state index contributed by atoms with van der Waals surface area (Å²) in [6.45, 7) is 3.35. The van der Waals surface area contributed by atoms with Gasteiger partial charge in [-0.05, 0) is 61.8 Å². The maximum Gasteiger partial charge on any atom is 0.199 e. The van der Waals surface area contributed by atoms with E-state index in [1.165, 1.54) is 37.9 Å². The second kappa shape index (κ2) is 8.89. The molecule has 1 aromatic heterocycles. The van der Waals surface area contributed by atoms with Crippen molar-refractivity contribution in [1.82, 2.24) is 9.88 Å². The van der Waals surface area contributed by atoms with Crippen LogP contribution in [0, 0.1) is 0 Å². The van der Waals surface area contributed by atoms with E-state index >= 15 is 0 Å². The van der Waals surface area contributed by atoms with Crippen LogP contribution < -0.4 is 5.73 Å². The van der Waals surface area contributed by atoms with Gasteiger partial charge in [0, 0.05) is 23.2 Å². The minimum Gasteiger partial charge on any atom is -0.494 e. The van der Waals surface area contributed by atoms with Crippen LogP contribution in [-0.4, -0.2) is 33.8 Å². The Labute approximate surface area is 188 Å². The Morgan fingerprint density at radius 3 is 2.44 bits per heavy atom. The van der Waals surface area contributed by atoms with Gasteiger partial charge in [0.05, 0.1) is 22.5 Å². The number of aromatic amines is 1. The molecule has 1 aliphatic rings. The SMILES string of the molecule is Nc1ccc2c(C(=Nc3ccc(CN4CCCCC4)cc3)c3ccccc3)c(O)[nH]c2c1. The van der Waals surface area contributed by atoms with Crippen molar-refractivity contribution >= 4 is 28.0 Å². The fraction of sp³-hybridized carbons (Fsp3) is 0.222. The maximum absolute atomic E-state index is 10.8. The normalized spacial score (nSPS) is 15.3. The fourth-order valence-corrected chi connectivity index (χ4v) is 4.48. The van der Waals surface area contributed by atoms with E-state index < -0.39 is 0 Å². The number of aromatic hydroxyl groups is 1. The highest BCUT2D eigenvalue weighted by molar-refractivity contribution is 6.22. The number of hydrogen-bond acceptors (Lipinski definition) is 4. The number of hydrogen-bond donors (Lipinski definition) is 3. The molecule has 0 atom stereocenters. The van der Waals surface area contributed by atoms with Crippen LogP contribution in [0.1, 0.15) is 36.0 Å². The van der Waals surface area contributed by atoms with E-state index in [-0.39, 0.29) is 5.88 Å². The first-order chi connectivity index (χ1) is 15.7. The molecular weight excluding hydrogens is 396 g/mol. The third kappa shape index (κ3) is 4.25. The van der Waals surface area contributed by atoms with Crippen LogP contribution in [0.2, 0.25) is 0 Å². The van der Waals surface area contributed by atoms with Crippen molar-refractivity contribution in [2.75, 3.05) is 18.8 Å². The first kappa shape index (κ1) is 20.3. The van der Waals surface area contributed by atoms with Crippen molar-refractivity contribution in [3.05, 3.63) is 89.5 Å². The molecule has 0 amide bonds. The molecular formula is C27H28N4O. The number of aromatic nitrogens is 1. The van der Waals surface area contributed by atoms with Crippen molar-refractivity contribution in [2.24, 2.45) is 4.99 Å². The summed E-state index contributed by atoms with van der Waals surface area (Å²) in [5.74, 6) is 0.0925. The summed E-state index contributed by atoms with van der Waals surface area (Å²) in [7, 11) is 0. The molecule has 0 radical (unpaired) electrons. The molecule has 5 rings (SSSR count). The van der Waals surface area contributed by atoms with Crippen molar-refractivity contribution in [2.45, 2.75) is 25.8 Å². The smallest absolute Gasteiger partial charge is 0.199 e. The molecule has 4 aromatic rings. The number of anilines is 1. The minimum absolute atomic E-state index is 0.0925. The highest BCUT2D eigenvalue weighted by Gasteiger charge is 2.19. The van der Waals surface area contributed by atoms with Crippen LogP contribution >= 0.6 is 0 Å². The Kier molecular flexibility index (Phi) is 5.65. The first-order valence-electron chi connectivity index (χ1n) is 11.2. The largest absolute Gasteiger partial charge is 0.494 e. The number of nitrogen functional groups attached to an aromatic ring is 1. The molecule has 0 bridgehead atoms. The van der Waals surface area contributed by atoms with Crippen LogP contribution in [0.5, 0.6) is 5.88 Å². The number of nitrogens with one attached hydrogen (secondary N) is 1. The van der Waals surface area contributed by atoms with Crippen LogP contribution in [0.25, 0.3) is 10.9 Å². The van der Waals surface area contributed by atoms with Gasteiger partial charge >= 0.3 is 0 Å². The lowest BCUT2D eigenvalue weighted by Gasteiger charge is -2.26. The average molecular weight is 425 g/mol. The van der Waals surface area contributed by atoms with Crippen molar-refractivity contribution in [3.8, 4) is 5.88 Å². The number of aliphatic imine (C=N–C) groups is 1. The molecule has 4 N–H and O–H groups in total. The molecule has 2 heterocycles. The molecule has 1 fully saturated rings. The number of likely N-dealkylation sites (tertiary alicyclic amines) is 1. The second-order valence-corrected chi connectivity index (χ2v) is 8.48. The van der Waals surface area contributed by atoms with Gasteiger partial charge in [-0.15, -0.1) is 0 Å². The molecule has 5 nitrogen and oxygen atoms in total. The summed E-state index contributed by atoms with van der Waals surface area (Å²) in [6.07, 6.45) is 3.94. The van der Waals surface area contributed by atoms with Crippen molar-refractivity contribution in [1.29, 1.82) is 0 Å². The Bertz CT molecular complexity index is 1240. The van der Waals surface area contributed by atoms with Gasteiger partial charge in [0.1, 0.15) is 0 Å². The number of piperidine rings is 1. The monoisotopic (exact) mass is 424 g/mol. The second-order valence-electron chi connectivity index (χ2n) is 8.48. The van der Waals surface area contributed by atoms with Gasteiger partial charge in [0.25, 0.3) is 0 Å². The molecule has 162 valence electrons. The fourth-order valence-electron chi connectivity index (χ4n) is 4.48. The average Bonchev–Trinajstić information content (AvgIpc) is 3.14. The molecule has 0 unspecified atom stereocenters. The Morgan fingerprint density at radius 2 is 1.69 bits per heavy atom. The summed E-state index contributed by atoms with van der Waals surface area (Å²) in [5, 5.41) is 11.7. The Balaban J connectivity index is 1.53.